The molecule has 0 unspecified atom stereocenters. The number of aryl methyl sites for hydroxylation is 1. The van der Waals surface area contributed by atoms with Crippen LogP contribution in [0.3, 0.4) is 0 Å². The molecule has 0 fully saturated rings. The molecular weight excluding hydrogens is 308 g/mol. The number of pyridine rings is 1. The van der Waals surface area contributed by atoms with Crippen LogP contribution in [-0.4, -0.2) is 16.7 Å². The van der Waals surface area contributed by atoms with E-state index in [1.54, 1.807) is 18.0 Å². The third-order valence-electron chi connectivity index (χ3n) is 2.88. The van der Waals surface area contributed by atoms with Crippen LogP contribution in [0.1, 0.15) is 31.9 Å². The number of rotatable bonds is 4. The van der Waals surface area contributed by atoms with Gasteiger partial charge in [0.15, 0.2) is 0 Å². The van der Waals surface area contributed by atoms with E-state index < -0.39 is 11.7 Å². The van der Waals surface area contributed by atoms with Crippen molar-refractivity contribution < 1.29 is 9.53 Å². The highest BCUT2D eigenvalue weighted by molar-refractivity contribution is 7.99. The average Bonchev–Trinajstić information content (AvgIpc) is 2.47. The highest BCUT2D eigenvalue weighted by atomic mass is 32.2. The fourth-order valence-corrected chi connectivity index (χ4v) is 2.75. The first-order valence-corrected chi connectivity index (χ1v) is 8.30. The van der Waals surface area contributed by atoms with E-state index in [0.717, 1.165) is 21.0 Å². The van der Waals surface area contributed by atoms with Crippen LogP contribution in [0.5, 0.6) is 0 Å². The molecule has 23 heavy (non-hydrogen) atoms. The van der Waals surface area contributed by atoms with Gasteiger partial charge in [-0.05, 0) is 51.0 Å². The second-order valence-electron chi connectivity index (χ2n) is 6.24. The predicted molar refractivity (Wildman–Crippen MR) is 92.6 cm³/mol. The molecule has 1 aromatic carbocycles. The van der Waals surface area contributed by atoms with Crippen LogP contribution >= 0.6 is 11.8 Å². The molecule has 2 aromatic rings. The number of nitrogens with zero attached hydrogens (tertiary/aromatic N) is 1. The van der Waals surface area contributed by atoms with Gasteiger partial charge in [-0.15, -0.1) is 0 Å². The van der Waals surface area contributed by atoms with Crippen LogP contribution < -0.4 is 5.32 Å². The van der Waals surface area contributed by atoms with Crippen molar-refractivity contribution in [2.75, 3.05) is 0 Å². The normalized spacial score (nSPS) is 11.1. The van der Waals surface area contributed by atoms with Crippen LogP contribution in [0.15, 0.2) is 52.5 Å². The van der Waals surface area contributed by atoms with Crippen molar-refractivity contribution in [1.29, 1.82) is 0 Å². The summed E-state index contributed by atoms with van der Waals surface area (Å²) in [6.07, 6.45) is 1.37. The minimum atomic E-state index is -0.492. The van der Waals surface area contributed by atoms with E-state index in [-0.39, 0.29) is 0 Å². The van der Waals surface area contributed by atoms with Gasteiger partial charge in [-0.2, -0.15) is 0 Å². The molecule has 1 N–H and O–H groups in total. The zero-order chi connectivity index (χ0) is 16.9. The van der Waals surface area contributed by atoms with Crippen molar-refractivity contribution >= 4 is 17.9 Å². The predicted octanol–water partition coefficient (Wildman–Crippen LogP) is 4.57. The number of nitrogens with one attached hydrogen (secondary N) is 1. The molecule has 1 heterocycles. The van der Waals surface area contributed by atoms with Gasteiger partial charge in [0.1, 0.15) is 10.6 Å². The lowest BCUT2D eigenvalue weighted by atomic mass is 10.2. The summed E-state index contributed by atoms with van der Waals surface area (Å²) in [5.41, 5.74) is 1.54. The van der Waals surface area contributed by atoms with Gasteiger partial charge in [0.2, 0.25) is 0 Å². The van der Waals surface area contributed by atoms with Gasteiger partial charge in [-0.3, -0.25) is 0 Å². The van der Waals surface area contributed by atoms with Crippen LogP contribution in [-0.2, 0) is 11.3 Å². The van der Waals surface area contributed by atoms with E-state index in [2.05, 4.69) is 22.4 Å². The summed E-state index contributed by atoms with van der Waals surface area (Å²) in [7, 11) is 0. The maximum Gasteiger partial charge on any atom is 0.407 e. The second kappa shape index (κ2) is 7.51. The molecule has 0 radical (unpaired) electrons. The minimum absolute atomic E-state index is 0.402. The third kappa shape index (κ3) is 5.94. The van der Waals surface area contributed by atoms with Crippen LogP contribution in [0.25, 0.3) is 0 Å². The number of amides is 1. The van der Waals surface area contributed by atoms with E-state index in [9.17, 15) is 4.79 Å². The third-order valence-corrected chi connectivity index (χ3v) is 4.01. The Labute approximate surface area is 141 Å². The molecule has 0 aliphatic rings. The van der Waals surface area contributed by atoms with Gasteiger partial charge < -0.3 is 10.1 Å². The number of alkyl carbamates (subject to hydrolysis) is 1. The van der Waals surface area contributed by atoms with Crippen molar-refractivity contribution in [3.05, 3.63) is 53.7 Å². The van der Waals surface area contributed by atoms with Gasteiger partial charge in [0, 0.05) is 17.6 Å². The van der Waals surface area contributed by atoms with Crippen molar-refractivity contribution in [2.24, 2.45) is 0 Å². The molecule has 2 rings (SSSR count). The maximum atomic E-state index is 11.7. The SMILES string of the molecule is Cc1cc(CNC(=O)OC(C)(C)C)cnc1Sc1ccccc1. The largest absolute Gasteiger partial charge is 0.444 e. The van der Waals surface area contributed by atoms with Crippen LogP contribution in [0.2, 0.25) is 0 Å². The Morgan fingerprint density at radius 1 is 1.26 bits per heavy atom. The van der Waals surface area contributed by atoms with Crippen molar-refractivity contribution in [3.63, 3.8) is 0 Å². The molecule has 122 valence electrons. The molecular formula is C18H22N2O2S. The molecule has 0 saturated heterocycles. The molecule has 0 spiro atoms. The summed E-state index contributed by atoms with van der Waals surface area (Å²) in [6.45, 7) is 7.95. The molecule has 0 aliphatic carbocycles. The molecule has 5 heteroatoms. The van der Waals surface area contributed by atoms with Gasteiger partial charge >= 0.3 is 6.09 Å². The van der Waals surface area contributed by atoms with Gasteiger partial charge in [-0.25, -0.2) is 9.78 Å². The summed E-state index contributed by atoms with van der Waals surface area (Å²) in [4.78, 5) is 17.3. The number of hydrogen-bond acceptors (Lipinski definition) is 4. The Hall–Kier alpha value is -2.01. The number of carbonyl (C=O) groups excluding carboxylic acids is 1. The van der Waals surface area contributed by atoms with Gasteiger partial charge in [0.25, 0.3) is 0 Å². The van der Waals surface area contributed by atoms with Gasteiger partial charge in [0.05, 0.1) is 0 Å². The molecule has 1 aromatic heterocycles. The number of hydrogen-bond donors (Lipinski definition) is 1. The summed E-state index contributed by atoms with van der Waals surface area (Å²) in [5, 5.41) is 3.71. The second-order valence-corrected chi connectivity index (χ2v) is 7.30. The molecule has 0 bridgehead atoms. The highest BCUT2D eigenvalue weighted by Gasteiger charge is 2.15. The van der Waals surface area contributed by atoms with Gasteiger partial charge in [-0.1, -0.05) is 36.0 Å². The fraction of sp³-hybridized carbons (Fsp3) is 0.333. The van der Waals surface area contributed by atoms with Crippen LogP contribution in [0.4, 0.5) is 4.79 Å². The minimum Gasteiger partial charge on any atom is -0.444 e. The lowest BCUT2D eigenvalue weighted by molar-refractivity contribution is 0.0523. The molecule has 1 amide bonds. The Balaban J connectivity index is 1.95. The standard InChI is InChI=1S/C18H22N2O2S/c1-13-10-14(12-20-17(21)22-18(2,3)4)11-19-16(13)23-15-8-6-5-7-9-15/h5-11H,12H2,1-4H3,(H,20,21). The summed E-state index contributed by atoms with van der Waals surface area (Å²) >= 11 is 1.63. The number of aromatic nitrogens is 1. The smallest absolute Gasteiger partial charge is 0.407 e. The maximum absolute atomic E-state index is 11.7. The molecule has 0 aliphatic heterocycles. The van der Waals surface area contributed by atoms with E-state index >= 15 is 0 Å². The Morgan fingerprint density at radius 2 is 1.96 bits per heavy atom. The van der Waals surface area contributed by atoms with Crippen molar-refractivity contribution in [3.8, 4) is 0 Å². The lowest BCUT2D eigenvalue weighted by Gasteiger charge is -2.19. The average molecular weight is 330 g/mol. The van der Waals surface area contributed by atoms with Crippen molar-refractivity contribution in [2.45, 2.75) is 49.8 Å². The Kier molecular flexibility index (Phi) is 5.66. The molecule has 4 nitrogen and oxygen atoms in total. The quantitative estimate of drug-likeness (QED) is 0.892. The number of ether oxygens (including phenoxy) is 1. The van der Waals surface area contributed by atoms with E-state index in [1.165, 1.54) is 0 Å². The Morgan fingerprint density at radius 3 is 2.57 bits per heavy atom. The fourth-order valence-electron chi connectivity index (χ4n) is 1.91. The monoisotopic (exact) mass is 330 g/mol. The van der Waals surface area contributed by atoms with E-state index in [0.29, 0.717) is 6.54 Å². The zero-order valence-corrected chi connectivity index (χ0v) is 14.7. The van der Waals surface area contributed by atoms with Crippen LogP contribution in [0, 0.1) is 6.92 Å². The zero-order valence-electron chi connectivity index (χ0n) is 13.9. The summed E-state index contributed by atoms with van der Waals surface area (Å²) < 4.78 is 5.22. The summed E-state index contributed by atoms with van der Waals surface area (Å²) in [6, 6.07) is 12.2. The summed E-state index contributed by atoms with van der Waals surface area (Å²) in [5.74, 6) is 0. The first-order chi connectivity index (χ1) is 10.8. The molecule has 0 saturated carbocycles. The lowest BCUT2D eigenvalue weighted by Crippen LogP contribution is -2.32. The molecule has 0 atom stereocenters. The number of benzene rings is 1. The highest BCUT2D eigenvalue weighted by Crippen LogP contribution is 2.28. The first-order valence-electron chi connectivity index (χ1n) is 7.49. The topological polar surface area (TPSA) is 51.2 Å². The van der Waals surface area contributed by atoms with Crippen molar-refractivity contribution in [1.82, 2.24) is 10.3 Å². The number of carbonyl (C=O) groups is 1. The first kappa shape index (κ1) is 17.3. The van der Waals surface area contributed by atoms with E-state index in [4.69, 9.17) is 4.74 Å². The Bertz CT molecular complexity index is 666. The van der Waals surface area contributed by atoms with E-state index in [1.807, 2.05) is 52.0 Å².